The zero-order chi connectivity index (χ0) is 19.8. The van der Waals surface area contributed by atoms with Gasteiger partial charge in [-0.2, -0.15) is 0 Å². The number of hydrogen-bond acceptors (Lipinski definition) is 4. The smallest absolute Gasteiger partial charge is 0.203 e. The van der Waals surface area contributed by atoms with Gasteiger partial charge in [0.1, 0.15) is 0 Å². The van der Waals surface area contributed by atoms with E-state index in [2.05, 4.69) is 10.3 Å². The summed E-state index contributed by atoms with van der Waals surface area (Å²) in [5.74, 6) is 2.57. The second-order valence-electron chi connectivity index (χ2n) is 5.84. The predicted octanol–water partition coefficient (Wildman–Crippen LogP) is 4.19. The molecule has 2 rings (SSSR count). The number of aliphatic imine (C=N–C) groups is 1. The van der Waals surface area contributed by atoms with Gasteiger partial charge < -0.3 is 24.4 Å². The van der Waals surface area contributed by atoms with Gasteiger partial charge in [0.05, 0.1) is 21.3 Å². The number of methoxy groups -OCH3 is 3. The Kier molecular flexibility index (Phi) is 10.2. The van der Waals surface area contributed by atoms with Crippen LogP contribution >= 0.6 is 35.6 Å². The van der Waals surface area contributed by atoms with E-state index in [0.29, 0.717) is 30.3 Å². The molecule has 2 aromatic carbocycles. The second-order valence-corrected chi connectivity index (χ2v) is 6.25. The fraction of sp³-hybridized carbons (Fsp3) is 0.350. The molecule has 0 saturated carbocycles. The zero-order valence-electron chi connectivity index (χ0n) is 16.8. The van der Waals surface area contributed by atoms with E-state index in [1.807, 2.05) is 48.3 Å². The molecule has 0 heterocycles. The quantitative estimate of drug-likeness (QED) is 0.338. The standard InChI is InChI=1S/C20H26ClN3O3.HI/c1-22-20(24(2)13-15-8-6-7-9-16(15)21)23-12-14-10-11-17(25-3)19(27-5)18(14)26-4;/h6-11H,12-13H2,1-5H3,(H,22,23);1H. The number of ether oxygens (including phenoxy) is 3. The third-order valence-electron chi connectivity index (χ3n) is 4.16. The summed E-state index contributed by atoms with van der Waals surface area (Å²) in [6.07, 6.45) is 0. The SMILES string of the molecule is CN=C(NCc1ccc(OC)c(OC)c1OC)N(C)Cc1ccccc1Cl.I. The van der Waals surface area contributed by atoms with Crippen LogP contribution in [-0.2, 0) is 13.1 Å². The molecule has 0 amide bonds. The molecule has 0 aliphatic heterocycles. The fourth-order valence-corrected chi connectivity index (χ4v) is 3.01. The fourth-order valence-electron chi connectivity index (χ4n) is 2.82. The van der Waals surface area contributed by atoms with Gasteiger partial charge in [0, 0.05) is 37.8 Å². The lowest BCUT2D eigenvalue weighted by Gasteiger charge is -2.23. The highest BCUT2D eigenvalue weighted by Gasteiger charge is 2.16. The van der Waals surface area contributed by atoms with Crippen LogP contribution < -0.4 is 19.5 Å². The van der Waals surface area contributed by atoms with Crippen LogP contribution in [-0.4, -0.2) is 46.3 Å². The van der Waals surface area contributed by atoms with Crippen molar-refractivity contribution < 1.29 is 14.2 Å². The molecule has 28 heavy (non-hydrogen) atoms. The molecule has 0 spiro atoms. The lowest BCUT2D eigenvalue weighted by atomic mass is 10.1. The van der Waals surface area contributed by atoms with Crippen LogP contribution in [0.3, 0.4) is 0 Å². The van der Waals surface area contributed by atoms with Gasteiger partial charge in [0.15, 0.2) is 17.5 Å². The number of benzene rings is 2. The molecule has 0 saturated heterocycles. The highest BCUT2D eigenvalue weighted by molar-refractivity contribution is 14.0. The maximum atomic E-state index is 6.26. The molecule has 0 aliphatic carbocycles. The van der Waals surface area contributed by atoms with E-state index < -0.39 is 0 Å². The third-order valence-corrected chi connectivity index (χ3v) is 4.53. The third kappa shape index (κ3) is 5.81. The van der Waals surface area contributed by atoms with Crippen LogP contribution in [0.25, 0.3) is 0 Å². The van der Waals surface area contributed by atoms with Crippen molar-refractivity contribution in [2.45, 2.75) is 13.1 Å². The summed E-state index contributed by atoms with van der Waals surface area (Å²) < 4.78 is 16.3. The predicted molar refractivity (Wildman–Crippen MR) is 125 cm³/mol. The first-order valence-electron chi connectivity index (χ1n) is 8.48. The minimum atomic E-state index is 0. The van der Waals surface area contributed by atoms with Crippen molar-refractivity contribution >= 4 is 41.5 Å². The van der Waals surface area contributed by atoms with Crippen molar-refractivity contribution in [1.29, 1.82) is 0 Å². The Morgan fingerprint density at radius 1 is 1.00 bits per heavy atom. The number of nitrogens with zero attached hydrogens (tertiary/aromatic N) is 2. The molecule has 0 atom stereocenters. The van der Waals surface area contributed by atoms with Crippen LogP contribution in [0.5, 0.6) is 17.2 Å². The van der Waals surface area contributed by atoms with E-state index in [0.717, 1.165) is 22.1 Å². The van der Waals surface area contributed by atoms with Crippen molar-refractivity contribution in [2.75, 3.05) is 35.4 Å². The molecule has 154 valence electrons. The van der Waals surface area contributed by atoms with E-state index in [1.54, 1.807) is 28.4 Å². The Morgan fingerprint density at radius 2 is 1.68 bits per heavy atom. The maximum Gasteiger partial charge on any atom is 0.203 e. The minimum absolute atomic E-state index is 0. The van der Waals surface area contributed by atoms with Gasteiger partial charge >= 0.3 is 0 Å². The summed E-state index contributed by atoms with van der Waals surface area (Å²) in [5, 5.41) is 4.08. The molecule has 0 aliphatic rings. The van der Waals surface area contributed by atoms with Crippen LogP contribution in [0.1, 0.15) is 11.1 Å². The first-order valence-corrected chi connectivity index (χ1v) is 8.86. The van der Waals surface area contributed by atoms with Crippen LogP contribution in [0.4, 0.5) is 0 Å². The Bertz CT molecular complexity index is 802. The van der Waals surface area contributed by atoms with Gasteiger partial charge in [-0.1, -0.05) is 29.8 Å². The summed E-state index contributed by atoms with van der Waals surface area (Å²) in [6, 6.07) is 11.6. The molecule has 0 radical (unpaired) electrons. The number of rotatable bonds is 7. The monoisotopic (exact) mass is 519 g/mol. The van der Waals surface area contributed by atoms with E-state index in [-0.39, 0.29) is 24.0 Å². The van der Waals surface area contributed by atoms with Gasteiger partial charge in [0.25, 0.3) is 0 Å². The normalized spacial score (nSPS) is 10.7. The van der Waals surface area contributed by atoms with Crippen molar-refractivity contribution in [1.82, 2.24) is 10.2 Å². The molecule has 0 unspecified atom stereocenters. The molecular formula is C20H27ClIN3O3. The summed E-state index contributed by atoms with van der Waals surface area (Å²) >= 11 is 6.26. The summed E-state index contributed by atoms with van der Waals surface area (Å²) in [6.45, 7) is 1.16. The van der Waals surface area contributed by atoms with Crippen molar-refractivity contribution in [3.8, 4) is 17.2 Å². The lowest BCUT2D eigenvalue weighted by molar-refractivity contribution is 0.322. The highest BCUT2D eigenvalue weighted by Crippen LogP contribution is 2.39. The van der Waals surface area contributed by atoms with Crippen molar-refractivity contribution in [3.63, 3.8) is 0 Å². The molecule has 0 fully saturated rings. The van der Waals surface area contributed by atoms with E-state index >= 15 is 0 Å². The molecule has 0 aromatic heterocycles. The summed E-state index contributed by atoms with van der Waals surface area (Å²) in [7, 11) is 8.51. The zero-order valence-corrected chi connectivity index (χ0v) is 19.9. The first kappa shape index (κ1) is 24.2. The Balaban J connectivity index is 0.00000392. The largest absolute Gasteiger partial charge is 0.493 e. The second kappa shape index (κ2) is 11.9. The first-order chi connectivity index (χ1) is 13.0. The highest BCUT2D eigenvalue weighted by atomic mass is 127. The topological polar surface area (TPSA) is 55.3 Å². The average Bonchev–Trinajstić information content (AvgIpc) is 2.69. The van der Waals surface area contributed by atoms with E-state index in [9.17, 15) is 0 Å². The van der Waals surface area contributed by atoms with E-state index in [1.165, 1.54) is 0 Å². The molecular weight excluding hydrogens is 493 g/mol. The molecule has 0 bridgehead atoms. The maximum absolute atomic E-state index is 6.26. The average molecular weight is 520 g/mol. The lowest BCUT2D eigenvalue weighted by Crippen LogP contribution is -2.38. The molecule has 6 nitrogen and oxygen atoms in total. The van der Waals surface area contributed by atoms with Gasteiger partial charge in [-0.25, -0.2) is 0 Å². The Morgan fingerprint density at radius 3 is 2.25 bits per heavy atom. The van der Waals surface area contributed by atoms with Crippen molar-refractivity contribution in [2.24, 2.45) is 4.99 Å². The van der Waals surface area contributed by atoms with Crippen molar-refractivity contribution in [3.05, 3.63) is 52.5 Å². The minimum Gasteiger partial charge on any atom is -0.493 e. The summed E-state index contributed by atoms with van der Waals surface area (Å²) in [4.78, 5) is 6.36. The van der Waals surface area contributed by atoms with E-state index in [4.69, 9.17) is 25.8 Å². The van der Waals surface area contributed by atoms with Gasteiger partial charge in [0.2, 0.25) is 5.75 Å². The number of nitrogens with one attached hydrogen (secondary N) is 1. The summed E-state index contributed by atoms with van der Waals surface area (Å²) in [5.41, 5.74) is 1.97. The van der Waals surface area contributed by atoms with Crippen LogP contribution in [0, 0.1) is 0 Å². The van der Waals surface area contributed by atoms with Crippen LogP contribution in [0.15, 0.2) is 41.4 Å². The van der Waals surface area contributed by atoms with Gasteiger partial charge in [-0.15, -0.1) is 24.0 Å². The Labute approximate surface area is 188 Å². The van der Waals surface area contributed by atoms with Gasteiger partial charge in [-0.3, -0.25) is 4.99 Å². The molecule has 1 N–H and O–H groups in total. The number of guanidine groups is 1. The molecule has 8 heteroatoms. The van der Waals surface area contributed by atoms with Crippen LogP contribution in [0.2, 0.25) is 5.02 Å². The van der Waals surface area contributed by atoms with Gasteiger partial charge in [-0.05, 0) is 23.8 Å². The molecule has 2 aromatic rings. The number of halogens is 2. The Hall–Kier alpha value is -1.87. The number of hydrogen-bond donors (Lipinski definition) is 1.